The van der Waals surface area contributed by atoms with E-state index in [1.54, 1.807) is 13.8 Å². The number of amides is 2. The van der Waals surface area contributed by atoms with Gasteiger partial charge in [0.2, 0.25) is 11.8 Å². The van der Waals surface area contributed by atoms with Crippen molar-refractivity contribution in [1.29, 1.82) is 0 Å². The van der Waals surface area contributed by atoms with Gasteiger partial charge in [0, 0.05) is 13.1 Å². The third kappa shape index (κ3) is 5.98. The van der Waals surface area contributed by atoms with Gasteiger partial charge in [0.1, 0.15) is 0 Å². The van der Waals surface area contributed by atoms with Crippen LogP contribution in [0.3, 0.4) is 0 Å². The molecule has 0 unspecified atom stereocenters. The number of carbonyl (C=O) groups is 4. The molecule has 0 aromatic rings. The van der Waals surface area contributed by atoms with Crippen LogP contribution in [-0.2, 0) is 19.2 Å². The fraction of sp³-hybridized carbons (Fsp3) is 0.500. The topological polar surface area (TPSA) is 133 Å². The highest BCUT2D eigenvalue weighted by Gasteiger charge is 2.24. The Bertz CT molecular complexity index is 401. The molecule has 0 heterocycles. The molecule has 0 saturated carbocycles. The van der Waals surface area contributed by atoms with Gasteiger partial charge in [-0.3, -0.25) is 9.59 Å². The zero-order chi connectivity index (χ0) is 15.7. The molecule has 0 bridgehead atoms. The van der Waals surface area contributed by atoms with Crippen LogP contribution in [0, 0.1) is 0 Å². The third-order valence-corrected chi connectivity index (χ3v) is 2.30. The largest absolute Gasteiger partial charge is 0.478 e. The van der Waals surface area contributed by atoms with Crippen LogP contribution in [0.1, 0.15) is 26.7 Å². The molecule has 0 radical (unpaired) electrons. The molecule has 0 fully saturated rings. The van der Waals surface area contributed by atoms with Crippen molar-refractivity contribution < 1.29 is 29.4 Å². The minimum Gasteiger partial charge on any atom is -0.478 e. The SMILES string of the molecule is CCNC(=O)C/C(C(=O)O)=C(/CC(=O)NCC)C(=O)O. The summed E-state index contributed by atoms with van der Waals surface area (Å²) >= 11 is 0. The number of nitrogens with one attached hydrogen (secondary N) is 2. The van der Waals surface area contributed by atoms with E-state index >= 15 is 0 Å². The van der Waals surface area contributed by atoms with Crippen LogP contribution in [0.2, 0.25) is 0 Å². The molecule has 112 valence electrons. The fourth-order valence-electron chi connectivity index (χ4n) is 1.46. The Morgan fingerprint density at radius 2 is 1.05 bits per heavy atom. The van der Waals surface area contributed by atoms with Gasteiger partial charge in [-0.25, -0.2) is 9.59 Å². The average molecular weight is 286 g/mol. The van der Waals surface area contributed by atoms with Gasteiger partial charge in [0.15, 0.2) is 0 Å². The number of carboxylic acids is 2. The van der Waals surface area contributed by atoms with E-state index in [1.165, 1.54) is 0 Å². The summed E-state index contributed by atoms with van der Waals surface area (Å²) in [6, 6.07) is 0. The zero-order valence-electron chi connectivity index (χ0n) is 11.4. The number of rotatable bonds is 8. The Hall–Kier alpha value is -2.38. The molecule has 0 aromatic heterocycles. The summed E-state index contributed by atoms with van der Waals surface area (Å²) in [7, 11) is 0. The van der Waals surface area contributed by atoms with Crippen LogP contribution in [-0.4, -0.2) is 47.1 Å². The van der Waals surface area contributed by atoms with Crippen LogP contribution < -0.4 is 10.6 Å². The monoisotopic (exact) mass is 286 g/mol. The molecule has 20 heavy (non-hydrogen) atoms. The summed E-state index contributed by atoms with van der Waals surface area (Å²) in [6.07, 6.45) is -1.19. The van der Waals surface area contributed by atoms with Gasteiger partial charge < -0.3 is 20.8 Å². The van der Waals surface area contributed by atoms with Gasteiger partial charge in [-0.05, 0) is 13.8 Å². The second-order valence-electron chi connectivity index (χ2n) is 3.83. The predicted molar refractivity (Wildman–Crippen MR) is 68.9 cm³/mol. The second-order valence-corrected chi connectivity index (χ2v) is 3.83. The van der Waals surface area contributed by atoms with Gasteiger partial charge in [-0.15, -0.1) is 0 Å². The van der Waals surface area contributed by atoms with Gasteiger partial charge in [-0.1, -0.05) is 0 Å². The van der Waals surface area contributed by atoms with Gasteiger partial charge in [-0.2, -0.15) is 0 Å². The minimum absolute atomic E-state index is 0.296. The maximum absolute atomic E-state index is 11.4. The van der Waals surface area contributed by atoms with E-state index in [0.717, 1.165) is 0 Å². The fourth-order valence-corrected chi connectivity index (χ4v) is 1.46. The van der Waals surface area contributed by atoms with Gasteiger partial charge in [0.25, 0.3) is 0 Å². The van der Waals surface area contributed by atoms with Crippen molar-refractivity contribution in [2.24, 2.45) is 0 Å². The zero-order valence-corrected chi connectivity index (χ0v) is 11.4. The first-order valence-electron chi connectivity index (χ1n) is 6.05. The molecule has 0 aliphatic carbocycles. The Kier molecular flexibility index (Phi) is 7.64. The lowest BCUT2D eigenvalue weighted by molar-refractivity contribution is -0.137. The van der Waals surface area contributed by atoms with Crippen molar-refractivity contribution in [1.82, 2.24) is 10.6 Å². The minimum atomic E-state index is -1.53. The number of hydrogen-bond donors (Lipinski definition) is 4. The molecule has 8 nitrogen and oxygen atoms in total. The molecule has 0 aromatic carbocycles. The standard InChI is InChI=1S/C12H18N2O6/c1-3-13-9(15)5-7(11(17)18)8(12(19)20)6-10(16)14-4-2/h3-6H2,1-2H3,(H,13,15)(H,14,16)(H,17,18)(H,19,20)/b8-7+. The van der Waals surface area contributed by atoms with Crippen molar-refractivity contribution in [2.75, 3.05) is 13.1 Å². The van der Waals surface area contributed by atoms with E-state index in [4.69, 9.17) is 10.2 Å². The quantitative estimate of drug-likeness (QED) is 0.445. The average Bonchev–Trinajstić information content (AvgIpc) is 2.33. The maximum Gasteiger partial charge on any atom is 0.332 e. The number of carboxylic acid groups (broad SMARTS) is 2. The molecule has 4 N–H and O–H groups in total. The highest BCUT2D eigenvalue weighted by Crippen LogP contribution is 2.14. The first-order valence-corrected chi connectivity index (χ1v) is 6.05. The summed E-state index contributed by atoms with van der Waals surface area (Å²) in [5.74, 6) is -4.28. The van der Waals surface area contributed by atoms with Gasteiger partial charge in [0.05, 0.1) is 24.0 Å². The normalized spacial score (nSPS) is 11.3. The molecular weight excluding hydrogens is 268 g/mol. The van der Waals surface area contributed by atoms with E-state index in [-0.39, 0.29) is 0 Å². The number of hydrogen-bond acceptors (Lipinski definition) is 4. The van der Waals surface area contributed by atoms with Crippen LogP contribution in [0.4, 0.5) is 0 Å². The van der Waals surface area contributed by atoms with Crippen molar-refractivity contribution in [3.63, 3.8) is 0 Å². The number of aliphatic carboxylic acids is 2. The van der Waals surface area contributed by atoms with E-state index in [0.29, 0.717) is 13.1 Å². The second kappa shape index (κ2) is 8.68. The van der Waals surface area contributed by atoms with Crippen LogP contribution >= 0.6 is 0 Å². The van der Waals surface area contributed by atoms with Crippen LogP contribution in [0.5, 0.6) is 0 Å². The summed E-state index contributed by atoms with van der Waals surface area (Å²) in [6.45, 7) is 3.89. The van der Waals surface area contributed by atoms with Crippen molar-refractivity contribution >= 4 is 23.8 Å². The van der Waals surface area contributed by atoms with E-state index in [1.807, 2.05) is 0 Å². The summed E-state index contributed by atoms with van der Waals surface area (Å²) in [5.41, 5.74) is -1.18. The molecule has 8 heteroatoms. The first-order chi connectivity index (χ1) is 9.33. The summed E-state index contributed by atoms with van der Waals surface area (Å²) in [5, 5.41) is 22.8. The Balaban J connectivity index is 5.34. The van der Waals surface area contributed by atoms with Crippen molar-refractivity contribution in [3.05, 3.63) is 11.1 Å². The van der Waals surface area contributed by atoms with E-state index < -0.39 is 47.7 Å². The molecular formula is C12H18N2O6. The highest BCUT2D eigenvalue weighted by atomic mass is 16.4. The Morgan fingerprint density at radius 3 is 1.25 bits per heavy atom. The predicted octanol–water partition coefficient (Wildman–Crippen LogP) is -0.495. The molecule has 0 atom stereocenters. The first kappa shape index (κ1) is 17.6. The van der Waals surface area contributed by atoms with E-state index in [2.05, 4.69) is 10.6 Å². The molecule has 0 saturated heterocycles. The molecule has 0 spiro atoms. The summed E-state index contributed by atoms with van der Waals surface area (Å²) in [4.78, 5) is 45.0. The Labute approximate surface area is 115 Å². The molecule has 0 aliphatic rings. The molecule has 0 aliphatic heterocycles. The van der Waals surface area contributed by atoms with Crippen LogP contribution in [0.15, 0.2) is 11.1 Å². The lowest BCUT2D eigenvalue weighted by Gasteiger charge is -2.09. The lowest BCUT2D eigenvalue weighted by atomic mass is 10.0. The number of carbonyl (C=O) groups excluding carboxylic acids is 2. The lowest BCUT2D eigenvalue weighted by Crippen LogP contribution is -2.28. The Morgan fingerprint density at radius 1 is 0.750 bits per heavy atom. The summed E-state index contributed by atoms with van der Waals surface area (Å²) < 4.78 is 0. The van der Waals surface area contributed by atoms with Crippen molar-refractivity contribution in [2.45, 2.75) is 26.7 Å². The van der Waals surface area contributed by atoms with Crippen LogP contribution in [0.25, 0.3) is 0 Å². The van der Waals surface area contributed by atoms with Crippen molar-refractivity contribution in [3.8, 4) is 0 Å². The van der Waals surface area contributed by atoms with Gasteiger partial charge >= 0.3 is 11.9 Å². The molecule has 2 amide bonds. The third-order valence-electron chi connectivity index (χ3n) is 2.30. The maximum atomic E-state index is 11.4. The van der Waals surface area contributed by atoms with E-state index in [9.17, 15) is 19.2 Å². The highest BCUT2D eigenvalue weighted by molar-refractivity contribution is 6.04. The smallest absolute Gasteiger partial charge is 0.332 e. The molecule has 0 rings (SSSR count).